The van der Waals surface area contributed by atoms with Crippen molar-refractivity contribution in [3.05, 3.63) is 69.0 Å². The number of nitro benzene ring substituents is 1. The van der Waals surface area contributed by atoms with Gasteiger partial charge in [-0.1, -0.05) is 12.1 Å². The number of rotatable bonds is 3. The molecule has 0 atom stereocenters. The molecule has 0 radical (unpaired) electrons. The van der Waals surface area contributed by atoms with E-state index in [2.05, 4.69) is 5.32 Å². The van der Waals surface area contributed by atoms with Gasteiger partial charge in [-0.2, -0.15) is 0 Å². The van der Waals surface area contributed by atoms with Crippen LogP contribution in [0.25, 0.3) is 0 Å². The van der Waals surface area contributed by atoms with E-state index in [4.69, 9.17) is 0 Å². The molecule has 0 saturated heterocycles. The van der Waals surface area contributed by atoms with Crippen LogP contribution in [0, 0.1) is 29.8 Å². The van der Waals surface area contributed by atoms with E-state index in [1.807, 2.05) is 0 Å². The molecular weight excluding hydrogens is 275 g/mol. The van der Waals surface area contributed by atoms with Gasteiger partial charge in [-0.15, -0.1) is 0 Å². The van der Waals surface area contributed by atoms with Crippen molar-refractivity contribution in [2.24, 2.45) is 0 Å². The highest BCUT2D eigenvalue weighted by Crippen LogP contribution is 2.26. The van der Waals surface area contributed by atoms with Crippen molar-refractivity contribution >= 4 is 17.3 Å². The molecule has 0 saturated carbocycles. The zero-order chi connectivity index (χ0) is 15.6. The lowest BCUT2D eigenvalue weighted by Crippen LogP contribution is -2.15. The molecule has 0 aliphatic heterocycles. The Balaban J connectivity index is 2.35. The lowest BCUT2D eigenvalue weighted by Gasteiger charge is -2.08. The average molecular weight is 288 g/mol. The van der Waals surface area contributed by atoms with E-state index in [1.54, 1.807) is 26.0 Å². The number of nitrogens with zero attached hydrogens (tertiary/aromatic N) is 1. The van der Waals surface area contributed by atoms with Gasteiger partial charge in [0.15, 0.2) is 0 Å². The van der Waals surface area contributed by atoms with Crippen LogP contribution in [0.5, 0.6) is 0 Å². The Morgan fingerprint density at radius 2 is 1.76 bits per heavy atom. The van der Waals surface area contributed by atoms with Crippen molar-refractivity contribution in [1.82, 2.24) is 0 Å². The summed E-state index contributed by atoms with van der Waals surface area (Å²) in [5.74, 6) is -1.39. The van der Waals surface area contributed by atoms with E-state index in [0.717, 1.165) is 5.56 Å². The number of amides is 1. The minimum atomic E-state index is -0.721. The van der Waals surface area contributed by atoms with Crippen LogP contribution in [-0.4, -0.2) is 10.8 Å². The van der Waals surface area contributed by atoms with E-state index in [0.29, 0.717) is 5.56 Å². The van der Waals surface area contributed by atoms with E-state index in [-0.39, 0.29) is 16.9 Å². The zero-order valence-corrected chi connectivity index (χ0v) is 11.5. The summed E-state index contributed by atoms with van der Waals surface area (Å²) in [7, 11) is 0. The highest BCUT2D eigenvalue weighted by atomic mass is 19.1. The molecule has 0 fully saturated rings. The Morgan fingerprint density at radius 1 is 1.14 bits per heavy atom. The number of carbonyl (C=O) groups is 1. The molecule has 0 aromatic heterocycles. The van der Waals surface area contributed by atoms with Gasteiger partial charge in [0.05, 0.1) is 10.5 Å². The van der Waals surface area contributed by atoms with Crippen LogP contribution in [0.3, 0.4) is 0 Å². The second-order valence-electron chi connectivity index (χ2n) is 4.72. The summed E-state index contributed by atoms with van der Waals surface area (Å²) in [6, 6.07) is 8.53. The van der Waals surface area contributed by atoms with Gasteiger partial charge < -0.3 is 5.32 Å². The standard InChI is InChI=1S/C15H13FN2O3/c1-9-3-5-11(12(16)7-9)15(19)17-13-8-10(2)4-6-14(13)18(20)21/h3-8H,1-2H3,(H,17,19). The minimum Gasteiger partial charge on any atom is -0.316 e. The number of anilines is 1. The van der Waals surface area contributed by atoms with Crippen molar-refractivity contribution < 1.29 is 14.1 Å². The Bertz CT molecular complexity index is 729. The summed E-state index contributed by atoms with van der Waals surface area (Å²) in [6.07, 6.45) is 0. The second kappa shape index (κ2) is 5.70. The maximum Gasteiger partial charge on any atom is 0.292 e. The van der Waals surface area contributed by atoms with Crippen LogP contribution in [0.4, 0.5) is 15.8 Å². The first-order chi connectivity index (χ1) is 9.88. The number of hydrogen-bond acceptors (Lipinski definition) is 3. The molecule has 2 rings (SSSR count). The van der Waals surface area contributed by atoms with Gasteiger partial charge in [-0.05, 0) is 43.2 Å². The van der Waals surface area contributed by atoms with Crippen molar-refractivity contribution in [2.75, 3.05) is 5.32 Å². The van der Waals surface area contributed by atoms with Crippen molar-refractivity contribution in [3.8, 4) is 0 Å². The normalized spacial score (nSPS) is 10.2. The summed E-state index contributed by atoms with van der Waals surface area (Å²) >= 11 is 0. The Labute approximate surface area is 120 Å². The third-order valence-corrected chi connectivity index (χ3v) is 2.97. The summed E-state index contributed by atoms with van der Waals surface area (Å²) in [4.78, 5) is 22.4. The van der Waals surface area contributed by atoms with Crippen LogP contribution in [0.2, 0.25) is 0 Å². The molecule has 0 aliphatic carbocycles. The summed E-state index contributed by atoms with van der Waals surface area (Å²) in [6.45, 7) is 3.45. The summed E-state index contributed by atoms with van der Waals surface area (Å²) in [5.41, 5.74) is 1.09. The molecule has 1 N–H and O–H groups in total. The van der Waals surface area contributed by atoms with Crippen LogP contribution in [0.1, 0.15) is 21.5 Å². The highest BCUT2D eigenvalue weighted by molar-refractivity contribution is 6.05. The maximum atomic E-state index is 13.7. The van der Waals surface area contributed by atoms with Crippen molar-refractivity contribution in [3.63, 3.8) is 0 Å². The smallest absolute Gasteiger partial charge is 0.292 e. The van der Waals surface area contributed by atoms with E-state index in [1.165, 1.54) is 24.3 Å². The van der Waals surface area contributed by atoms with E-state index >= 15 is 0 Å². The highest BCUT2D eigenvalue weighted by Gasteiger charge is 2.18. The Kier molecular flexibility index (Phi) is 3.98. The zero-order valence-electron chi connectivity index (χ0n) is 11.5. The second-order valence-corrected chi connectivity index (χ2v) is 4.72. The molecule has 2 aromatic rings. The van der Waals surface area contributed by atoms with Gasteiger partial charge in [0.25, 0.3) is 11.6 Å². The maximum absolute atomic E-state index is 13.7. The number of aryl methyl sites for hydroxylation is 2. The predicted molar refractivity (Wildman–Crippen MR) is 76.9 cm³/mol. The largest absolute Gasteiger partial charge is 0.316 e. The summed E-state index contributed by atoms with van der Waals surface area (Å²) in [5, 5.41) is 13.3. The number of nitrogens with one attached hydrogen (secondary N) is 1. The monoisotopic (exact) mass is 288 g/mol. The van der Waals surface area contributed by atoms with Crippen LogP contribution >= 0.6 is 0 Å². The van der Waals surface area contributed by atoms with E-state index < -0.39 is 16.6 Å². The first kappa shape index (κ1) is 14.6. The van der Waals surface area contributed by atoms with Crippen LogP contribution < -0.4 is 5.32 Å². The predicted octanol–water partition coefficient (Wildman–Crippen LogP) is 3.60. The Morgan fingerprint density at radius 3 is 2.38 bits per heavy atom. The fourth-order valence-electron chi connectivity index (χ4n) is 1.90. The molecule has 5 nitrogen and oxygen atoms in total. The molecule has 0 unspecified atom stereocenters. The van der Waals surface area contributed by atoms with Gasteiger partial charge in [0, 0.05) is 6.07 Å². The molecule has 0 bridgehead atoms. The van der Waals surface area contributed by atoms with Crippen LogP contribution in [-0.2, 0) is 0 Å². The number of benzene rings is 2. The van der Waals surface area contributed by atoms with E-state index in [9.17, 15) is 19.3 Å². The Hall–Kier alpha value is -2.76. The minimum absolute atomic E-state index is 0.0463. The first-order valence-corrected chi connectivity index (χ1v) is 6.21. The lowest BCUT2D eigenvalue weighted by molar-refractivity contribution is -0.383. The summed E-state index contributed by atoms with van der Waals surface area (Å²) < 4.78 is 13.7. The van der Waals surface area contributed by atoms with Gasteiger partial charge in [-0.3, -0.25) is 14.9 Å². The van der Waals surface area contributed by atoms with Crippen molar-refractivity contribution in [2.45, 2.75) is 13.8 Å². The fourth-order valence-corrected chi connectivity index (χ4v) is 1.90. The molecule has 0 aliphatic rings. The average Bonchev–Trinajstić information content (AvgIpc) is 2.37. The fraction of sp³-hybridized carbons (Fsp3) is 0.133. The van der Waals surface area contributed by atoms with Gasteiger partial charge in [0.1, 0.15) is 11.5 Å². The molecule has 2 aromatic carbocycles. The molecule has 108 valence electrons. The molecule has 6 heteroatoms. The third kappa shape index (κ3) is 3.22. The molecular formula is C15H13FN2O3. The topological polar surface area (TPSA) is 72.2 Å². The number of nitro groups is 1. The molecule has 0 spiro atoms. The van der Waals surface area contributed by atoms with Gasteiger partial charge in [-0.25, -0.2) is 4.39 Å². The van der Waals surface area contributed by atoms with Crippen LogP contribution in [0.15, 0.2) is 36.4 Å². The molecule has 0 heterocycles. The molecule has 1 amide bonds. The SMILES string of the molecule is Cc1ccc(C(=O)Nc2cc(C)ccc2[N+](=O)[O-])c(F)c1. The number of hydrogen-bond donors (Lipinski definition) is 1. The first-order valence-electron chi connectivity index (χ1n) is 6.21. The van der Waals surface area contributed by atoms with Gasteiger partial charge >= 0.3 is 0 Å². The third-order valence-electron chi connectivity index (χ3n) is 2.97. The quantitative estimate of drug-likeness (QED) is 0.692. The lowest BCUT2D eigenvalue weighted by atomic mass is 10.1. The number of carbonyl (C=O) groups excluding carboxylic acids is 1. The van der Waals surface area contributed by atoms with Gasteiger partial charge in [0.2, 0.25) is 0 Å². The van der Waals surface area contributed by atoms with Crippen molar-refractivity contribution in [1.29, 1.82) is 0 Å². The molecule has 21 heavy (non-hydrogen) atoms. The number of halogens is 1.